The molecule has 0 spiro atoms. The molecule has 0 unspecified atom stereocenters. The van der Waals surface area contributed by atoms with E-state index in [0.29, 0.717) is 5.56 Å². The van der Waals surface area contributed by atoms with E-state index in [0.717, 1.165) is 9.68 Å². The van der Waals surface area contributed by atoms with E-state index in [9.17, 15) is 4.79 Å². The molecule has 0 aliphatic rings. The second-order valence-corrected chi connectivity index (χ2v) is 12.8. The normalized spacial score (nSPS) is 11.0. The molecule has 0 aliphatic carbocycles. The van der Waals surface area contributed by atoms with Crippen molar-refractivity contribution >= 4 is 52.6 Å². The van der Waals surface area contributed by atoms with Gasteiger partial charge in [0.05, 0.1) is 0 Å². The zero-order valence-electron chi connectivity index (χ0n) is 19.2. The number of amides is 1. The highest BCUT2D eigenvalue weighted by Gasteiger charge is 2.52. The highest BCUT2D eigenvalue weighted by atomic mass is 32.2. The van der Waals surface area contributed by atoms with Gasteiger partial charge in [-0.25, -0.2) is 0 Å². The van der Waals surface area contributed by atoms with Crippen molar-refractivity contribution in [3.8, 4) is 0 Å². The first-order chi connectivity index (χ1) is 16.7. The fraction of sp³-hybridized carbons (Fsp3) is 0.0690. The molecule has 34 heavy (non-hydrogen) atoms. The minimum absolute atomic E-state index is 0.0941. The Kier molecular flexibility index (Phi) is 8.29. The van der Waals surface area contributed by atoms with Gasteiger partial charge in [-0.1, -0.05) is 72.8 Å². The van der Waals surface area contributed by atoms with Crippen LogP contribution < -0.4 is 21.2 Å². The third-order valence-corrected chi connectivity index (χ3v) is 12.3. The van der Waals surface area contributed by atoms with Gasteiger partial charge in [0, 0.05) is 5.56 Å². The number of hydrogen-bond acceptors (Lipinski definition) is 3. The second-order valence-electron chi connectivity index (χ2n) is 7.54. The first-order valence-corrected chi connectivity index (χ1v) is 15.2. The molecule has 170 valence electrons. The molecule has 0 fully saturated rings. The molecule has 0 radical (unpaired) electrons. The number of rotatable bonds is 8. The molecule has 0 saturated heterocycles. The molecule has 0 aliphatic heterocycles. The van der Waals surface area contributed by atoms with E-state index < -0.39 is 7.26 Å². The van der Waals surface area contributed by atoms with Crippen LogP contribution in [0.1, 0.15) is 10.4 Å². The van der Waals surface area contributed by atoms with Crippen LogP contribution in [0.2, 0.25) is 0 Å². The quantitative estimate of drug-likeness (QED) is 0.290. The lowest BCUT2D eigenvalue weighted by molar-refractivity contribution is 0.0968. The van der Waals surface area contributed by atoms with E-state index in [-0.39, 0.29) is 5.91 Å². The molecule has 0 saturated carbocycles. The van der Waals surface area contributed by atoms with Gasteiger partial charge in [-0.2, -0.15) is 0 Å². The number of carbonyl (C=O) groups excluding carboxylic acids is 1. The molecule has 0 aromatic heterocycles. The summed E-state index contributed by atoms with van der Waals surface area (Å²) in [4.78, 5) is 13.6. The average molecular weight is 501 g/mol. The SMILES string of the molecule is CSC(SC)=C(NC(=O)c1ccccc1)[P+](c1ccccc1)(c1ccccc1)c1ccccc1. The van der Waals surface area contributed by atoms with Crippen molar-refractivity contribution in [3.63, 3.8) is 0 Å². The van der Waals surface area contributed by atoms with E-state index in [1.165, 1.54) is 15.9 Å². The molecule has 2 nitrogen and oxygen atoms in total. The molecular formula is C29H27NOPS2+. The minimum Gasteiger partial charge on any atom is -0.291 e. The van der Waals surface area contributed by atoms with Crippen LogP contribution in [0.15, 0.2) is 131 Å². The summed E-state index contributed by atoms with van der Waals surface area (Å²) in [5, 5.41) is 7.03. The van der Waals surface area contributed by atoms with Crippen LogP contribution in [0.4, 0.5) is 0 Å². The lowest BCUT2D eigenvalue weighted by Crippen LogP contribution is -2.38. The van der Waals surface area contributed by atoms with Crippen molar-refractivity contribution in [1.82, 2.24) is 5.32 Å². The average Bonchev–Trinajstić information content (AvgIpc) is 2.92. The summed E-state index contributed by atoms with van der Waals surface area (Å²) < 4.78 is 1.11. The van der Waals surface area contributed by atoms with Gasteiger partial charge in [0.15, 0.2) is 12.7 Å². The van der Waals surface area contributed by atoms with Gasteiger partial charge in [0.1, 0.15) is 20.2 Å². The molecule has 4 aromatic carbocycles. The van der Waals surface area contributed by atoms with Crippen LogP contribution in [-0.4, -0.2) is 18.4 Å². The number of thioether (sulfide) groups is 2. The Hall–Kier alpha value is -2.78. The Balaban J connectivity index is 2.07. The monoisotopic (exact) mass is 500 g/mol. The van der Waals surface area contributed by atoms with Gasteiger partial charge < -0.3 is 0 Å². The predicted octanol–water partition coefficient (Wildman–Crippen LogP) is 6.26. The van der Waals surface area contributed by atoms with Crippen LogP contribution in [0.3, 0.4) is 0 Å². The van der Waals surface area contributed by atoms with Gasteiger partial charge in [0.2, 0.25) is 0 Å². The van der Waals surface area contributed by atoms with Gasteiger partial charge in [-0.3, -0.25) is 10.1 Å². The maximum atomic E-state index is 13.6. The molecule has 1 N–H and O–H groups in total. The van der Waals surface area contributed by atoms with E-state index >= 15 is 0 Å². The molecule has 5 heteroatoms. The molecule has 4 rings (SSSR count). The zero-order chi connectivity index (χ0) is 23.8. The zero-order valence-corrected chi connectivity index (χ0v) is 21.7. The van der Waals surface area contributed by atoms with Crippen molar-refractivity contribution in [2.75, 3.05) is 12.5 Å². The summed E-state index contributed by atoms with van der Waals surface area (Å²) in [5.41, 5.74) is 1.62. The maximum Gasteiger partial charge on any atom is 0.258 e. The largest absolute Gasteiger partial charge is 0.291 e. The van der Waals surface area contributed by atoms with E-state index in [1.54, 1.807) is 23.5 Å². The molecule has 1 amide bonds. The van der Waals surface area contributed by atoms with Crippen molar-refractivity contribution in [1.29, 1.82) is 0 Å². The van der Waals surface area contributed by atoms with Gasteiger partial charge in [0.25, 0.3) is 5.91 Å². The third-order valence-electron chi connectivity index (χ3n) is 5.60. The van der Waals surface area contributed by atoms with Crippen molar-refractivity contribution in [2.24, 2.45) is 0 Å². The Morgan fingerprint density at radius 1 is 0.588 bits per heavy atom. The summed E-state index contributed by atoms with van der Waals surface area (Å²) in [7, 11) is -2.42. The first kappa shape index (κ1) is 24.3. The smallest absolute Gasteiger partial charge is 0.258 e. The van der Waals surface area contributed by atoms with Gasteiger partial charge in [-0.05, 0) is 61.0 Å². The standard InChI is InChI=1S/C29H26NOPS2/c1-33-29(34-2)28(30-27(31)23-15-7-3-8-16-23)32(24-17-9-4-10-18-24,25-19-11-5-12-20-25)26-21-13-6-14-22-26/h3-22H,1-2H3/p+1. The van der Waals surface area contributed by atoms with Crippen molar-refractivity contribution in [3.05, 3.63) is 137 Å². The Bertz CT molecular complexity index is 1140. The van der Waals surface area contributed by atoms with Crippen molar-refractivity contribution < 1.29 is 4.79 Å². The van der Waals surface area contributed by atoms with Crippen LogP contribution in [-0.2, 0) is 0 Å². The Morgan fingerprint density at radius 2 is 0.941 bits per heavy atom. The summed E-state index contributed by atoms with van der Waals surface area (Å²) >= 11 is 3.36. The summed E-state index contributed by atoms with van der Waals surface area (Å²) in [6.07, 6.45) is 4.16. The third kappa shape index (κ3) is 4.86. The molecule has 0 atom stereocenters. The maximum absolute atomic E-state index is 13.6. The van der Waals surface area contributed by atoms with Gasteiger partial charge in [-0.15, -0.1) is 23.5 Å². The summed E-state index contributed by atoms with van der Waals surface area (Å²) in [6.45, 7) is 0. The topological polar surface area (TPSA) is 29.1 Å². The van der Waals surface area contributed by atoms with E-state index in [2.05, 4.69) is 90.6 Å². The lowest BCUT2D eigenvalue weighted by Gasteiger charge is -2.30. The Labute approximate surface area is 211 Å². The van der Waals surface area contributed by atoms with Crippen LogP contribution in [0.25, 0.3) is 0 Å². The minimum atomic E-state index is -2.42. The highest BCUT2D eigenvalue weighted by molar-refractivity contribution is 8.22. The predicted molar refractivity (Wildman–Crippen MR) is 153 cm³/mol. The fourth-order valence-corrected chi connectivity index (χ4v) is 10.7. The van der Waals surface area contributed by atoms with Gasteiger partial charge >= 0.3 is 0 Å². The molecule has 4 aromatic rings. The lowest BCUT2D eigenvalue weighted by atomic mass is 10.2. The number of benzene rings is 4. The number of nitrogens with one attached hydrogen (secondary N) is 1. The van der Waals surface area contributed by atoms with E-state index in [4.69, 9.17) is 0 Å². The number of carbonyl (C=O) groups is 1. The van der Waals surface area contributed by atoms with E-state index in [1.807, 2.05) is 48.5 Å². The summed E-state index contributed by atoms with van der Waals surface area (Å²) in [6, 6.07) is 41.3. The first-order valence-electron chi connectivity index (χ1n) is 11.0. The van der Waals surface area contributed by atoms with Crippen LogP contribution >= 0.6 is 30.8 Å². The summed E-state index contributed by atoms with van der Waals surface area (Å²) in [5.74, 6) is -0.0941. The fourth-order valence-electron chi connectivity index (χ4n) is 4.11. The van der Waals surface area contributed by atoms with Crippen LogP contribution in [0, 0.1) is 0 Å². The molecular weight excluding hydrogens is 473 g/mol. The van der Waals surface area contributed by atoms with Crippen molar-refractivity contribution in [2.45, 2.75) is 0 Å². The molecule has 0 bridgehead atoms. The molecule has 0 heterocycles. The number of hydrogen-bond donors (Lipinski definition) is 1. The van der Waals surface area contributed by atoms with Crippen LogP contribution in [0.5, 0.6) is 0 Å². The highest BCUT2D eigenvalue weighted by Crippen LogP contribution is 2.64. The second kappa shape index (κ2) is 11.6. The Morgan fingerprint density at radius 3 is 1.29 bits per heavy atom.